The van der Waals surface area contributed by atoms with Crippen LogP contribution in [0.25, 0.3) is 0 Å². The lowest BCUT2D eigenvalue weighted by molar-refractivity contribution is 0.101. The van der Waals surface area contributed by atoms with Gasteiger partial charge in [-0.25, -0.2) is 0 Å². The summed E-state index contributed by atoms with van der Waals surface area (Å²) in [4.78, 5) is 30.0. The molecular weight excluding hydrogens is 454 g/mol. The van der Waals surface area contributed by atoms with Crippen LogP contribution in [0, 0.1) is 12.3 Å². The number of phenolic OH excluding ortho intramolecular Hbond substituents is 1. The standard InChI is InChI=1S/C28H31N5O3/c1-19-7-9-21(10-8-19)27(35)30-24-5-3-6-25(34)26(24)31-28(36)22-11-13-23(14-12-22)33-16-4-15-32(17-18-33)20(2)29/h3,5-14,29,34H,4,15-18H2,1-2H3,(H,30,35)(H,31,36). The Hall–Kier alpha value is -4.33. The van der Waals surface area contributed by atoms with E-state index in [2.05, 4.69) is 20.4 Å². The second-order valence-corrected chi connectivity index (χ2v) is 8.93. The maximum absolute atomic E-state index is 13.0. The minimum Gasteiger partial charge on any atom is -0.506 e. The van der Waals surface area contributed by atoms with Crippen molar-refractivity contribution in [1.82, 2.24) is 4.90 Å². The van der Waals surface area contributed by atoms with E-state index in [0.717, 1.165) is 43.9 Å². The van der Waals surface area contributed by atoms with Gasteiger partial charge in [-0.3, -0.25) is 15.0 Å². The van der Waals surface area contributed by atoms with Crippen LogP contribution in [0.5, 0.6) is 5.75 Å². The summed E-state index contributed by atoms with van der Waals surface area (Å²) >= 11 is 0. The van der Waals surface area contributed by atoms with E-state index < -0.39 is 5.91 Å². The molecule has 0 unspecified atom stereocenters. The van der Waals surface area contributed by atoms with E-state index >= 15 is 0 Å². The van der Waals surface area contributed by atoms with Crippen LogP contribution in [0.1, 0.15) is 39.6 Å². The van der Waals surface area contributed by atoms with Crippen molar-refractivity contribution in [3.63, 3.8) is 0 Å². The highest BCUT2D eigenvalue weighted by molar-refractivity contribution is 6.11. The van der Waals surface area contributed by atoms with Gasteiger partial charge in [0.05, 0.1) is 11.5 Å². The Bertz CT molecular complexity index is 1260. The van der Waals surface area contributed by atoms with Gasteiger partial charge in [-0.1, -0.05) is 23.8 Å². The number of rotatable bonds is 5. The van der Waals surface area contributed by atoms with Gasteiger partial charge in [0.2, 0.25) is 0 Å². The van der Waals surface area contributed by atoms with Gasteiger partial charge in [0.15, 0.2) is 0 Å². The van der Waals surface area contributed by atoms with Gasteiger partial charge in [0.25, 0.3) is 11.8 Å². The van der Waals surface area contributed by atoms with Crippen LogP contribution in [0.2, 0.25) is 0 Å². The van der Waals surface area contributed by atoms with Gasteiger partial charge in [-0.15, -0.1) is 0 Å². The van der Waals surface area contributed by atoms with Crippen LogP contribution in [-0.4, -0.2) is 53.8 Å². The summed E-state index contributed by atoms with van der Waals surface area (Å²) in [7, 11) is 0. The smallest absolute Gasteiger partial charge is 0.255 e. The van der Waals surface area contributed by atoms with Crippen LogP contribution < -0.4 is 15.5 Å². The lowest BCUT2D eigenvalue weighted by atomic mass is 10.1. The molecule has 2 amide bonds. The number of hydrogen-bond donors (Lipinski definition) is 4. The fraction of sp³-hybridized carbons (Fsp3) is 0.250. The molecule has 0 aliphatic carbocycles. The Morgan fingerprint density at radius 3 is 2.14 bits per heavy atom. The zero-order valence-electron chi connectivity index (χ0n) is 20.5. The van der Waals surface area contributed by atoms with Gasteiger partial charge in [-0.05, 0) is 68.8 Å². The normalized spacial score (nSPS) is 13.6. The molecule has 1 fully saturated rings. The summed E-state index contributed by atoms with van der Waals surface area (Å²) < 4.78 is 0. The number of amidine groups is 1. The van der Waals surface area contributed by atoms with E-state index in [4.69, 9.17) is 5.41 Å². The molecule has 1 aliphatic rings. The number of carbonyl (C=O) groups is 2. The highest BCUT2D eigenvalue weighted by atomic mass is 16.3. The van der Waals surface area contributed by atoms with Gasteiger partial charge in [0.1, 0.15) is 11.4 Å². The maximum Gasteiger partial charge on any atom is 0.255 e. The molecule has 0 bridgehead atoms. The van der Waals surface area contributed by atoms with Gasteiger partial charge < -0.3 is 25.5 Å². The highest BCUT2D eigenvalue weighted by Gasteiger charge is 2.18. The summed E-state index contributed by atoms with van der Waals surface area (Å²) in [5, 5.41) is 23.8. The van der Waals surface area contributed by atoms with E-state index in [0.29, 0.717) is 22.6 Å². The minimum absolute atomic E-state index is 0.140. The average molecular weight is 486 g/mol. The summed E-state index contributed by atoms with van der Waals surface area (Å²) in [6.45, 7) is 7.11. The van der Waals surface area contributed by atoms with Crippen molar-refractivity contribution in [1.29, 1.82) is 5.41 Å². The maximum atomic E-state index is 13.0. The molecule has 8 nitrogen and oxygen atoms in total. The van der Waals surface area contributed by atoms with Gasteiger partial charge >= 0.3 is 0 Å². The Morgan fingerprint density at radius 1 is 0.833 bits per heavy atom. The molecule has 1 saturated heterocycles. The number of nitrogens with one attached hydrogen (secondary N) is 3. The van der Waals surface area contributed by atoms with E-state index in [1.807, 2.05) is 38.1 Å². The Labute approximate surface area is 211 Å². The Kier molecular flexibility index (Phi) is 7.53. The van der Waals surface area contributed by atoms with Crippen LogP contribution in [0.3, 0.4) is 0 Å². The molecule has 0 saturated carbocycles. The summed E-state index contributed by atoms with van der Waals surface area (Å²) in [6, 6.07) is 19.2. The number of amides is 2. The molecule has 0 radical (unpaired) electrons. The van der Waals surface area contributed by atoms with E-state index in [1.54, 1.807) is 36.4 Å². The number of para-hydroxylation sites is 1. The predicted molar refractivity (Wildman–Crippen MR) is 143 cm³/mol. The number of anilines is 3. The SMILES string of the molecule is CC(=N)N1CCCN(c2ccc(C(=O)Nc3c(O)cccc3NC(=O)c3ccc(C)cc3)cc2)CC1. The van der Waals surface area contributed by atoms with E-state index in [1.165, 1.54) is 6.07 Å². The first-order valence-electron chi connectivity index (χ1n) is 12.0. The molecule has 3 aromatic carbocycles. The fourth-order valence-electron chi connectivity index (χ4n) is 4.20. The average Bonchev–Trinajstić information content (AvgIpc) is 3.13. The molecule has 3 aromatic rings. The summed E-state index contributed by atoms with van der Waals surface area (Å²) in [5.41, 5.74) is 3.42. The number of nitrogens with zero attached hydrogens (tertiary/aromatic N) is 2. The second kappa shape index (κ2) is 10.9. The Morgan fingerprint density at radius 2 is 1.47 bits per heavy atom. The third-order valence-corrected chi connectivity index (χ3v) is 6.31. The zero-order chi connectivity index (χ0) is 25.7. The molecule has 36 heavy (non-hydrogen) atoms. The zero-order valence-corrected chi connectivity index (χ0v) is 20.5. The van der Waals surface area contributed by atoms with E-state index in [9.17, 15) is 14.7 Å². The number of phenols is 1. The molecule has 8 heteroatoms. The van der Waals surface area contributed by atoms with Crippen LogP contribution >= 0.6 is 0 Å². The van der Waals surface area contributed by atoms with Crippen molar-refractivity contribution in [2.24, 2.45) is 0 Å². The topological polar surface area (TPSA) is 109 Å². The van der Waals surface area contributed by atoms with Crippen molar-refractivity contribution < 1.29 is 14.7 Å². The third-order valence-electron chi connectivity index (χ3n) is 6.31. The molecule has 186 valence electrons. The van der Waals surface area contributed by atoms with Crippen molar-refractivity contribution in [3.05, 3.63) is 83.4 Å². The van der Waals surface area contributed by atoms with Crippen LogP contribution in [-0.2, 0) is 0 Å². The van der Waals surface area contributed by atoms with Crippen molar-refractivity contribution in [2.45, 2.75) is 20.3 Å². The summed E-state index contributed by atoms with van der Waals surface area (Å²) in [5.74, 6) is -0.287. The van der Waals surface area contributed by atoms with Gasteiger partial charge in [-0.2, -0.15) is 0 Å². The number of aromatic hydroxyl groups is 1. The lowest BCUT2D eigenvalue weighted by Gasteiger charge is -2.24. The molecule has 1 heterocycles. The van der Waals surface area contributed by atoms with Gasteiger partial charge in [0, 0.05) is 43.0 Å². The third kappa shape index (κ3) is 5.83. The number of aryl methyl sites for hydroxylation is 1. The lowest BCUT2D eigenvalue weighted by Crippen LogP contribution is -2.33. The molecule has 0 aromatic heterocycles. The quantitative estimate of drug-likeness (QED) is 0.238. The number of benzene rings is 3. The number of hydrogen-bond acceptors (Lipinski definition) is 5. The first-order chi connectivity index (χ1) is 17.3. The van der Waals surface area contributed by atoms with Crippen molar-refractivity contribution >= 4 is 34.7 Å². The largest absolute Gasteiger partial charge is 0.506 e. The van der Waals surface area contributed by atoms with Crippen molar-refractivity contribution in [3.8, 4) is 5.75 Å². The predicted octanol–water partition coefficient (Wildman–Crippen LogP) is 4.71. The Balaban J connectivity index is 1.45. The number of carbonyl (C=O) groups excluding carboxylic acids is 2. The first-order valence-corrected chi connectivity index (χ1v) is 12.0. The molecule has 4 N–H and O–H groups in total. The van der Waals surface area contributed by atoms with E-state index in [-0.39, 0.29) is 17.3 Å². The molecule has 4 rings (SSSR count). The van der Waals surface area contributed by atoms with Crippen LogP contribution in [0.4, 0.5) is 17.1 Å². The van der Waals surface area contributed by atoms with Crippen LogP contribution in [0.15, 0.2) is 66.7 Å². The highest BCUT2D eigenvalue weighted by Crippen LogP contribution is 2.32. The molecular formula is C28H31N5O3. The monoisotopic (exact) mass is 485 g/mol. The first kappa shape index (κ1) is 24.8. The summed E-state index contributed by atoms with van der Waals surface area (Å²) in [6.07, 6.45) is 0.961. The molecule has 1 aliphatic heterocycles. The molecule has 0 spiro atoms. The molecule has 0 atom stereocenters. The fourth-order valence-corrected chi connectivity index (χ4v) is 4.20. The minimum atomic E-state index is -0.393. The van der Waals surface area contributed by atoms with Crippen molar-refractivity contribution in [2.75, 3.05) is 41.7 Å². The second-order valence-electron chi connectivity index (χ2n) is 8.93.